The lowest BCUT2D eigenvalue weighted by Crippen LogP contribution is -2.19. The Balaban J connectivity index is 2.12. The zero-order chi connectivity index (χ0) is 22.5. The number of hydrogen-bond donors (Lipinski definition) is 2. The lowest BCUT2D eigenvalue weighted by Gasteiger charge is -2.12. The molecule has 0 saturated heterocycles. The predicted octanol–water partition coefficient (Wildman–Crippen LogP) is 4.48. The molecule has 1 amide bonds. The fourth-order valence-corrected chi connectivity index (χ4v) is 3.58. The smallest absolute Gasteiger partial charge is 0.356 e. The van der Waals surface area contributed by atoms with Gasteiger partial charge < -0.3 is 19.9 Å². The average molecular weight is 423 g/mol. The number of aromatic nitrogens is 2. The molecule has 0 aliphatic carbocycles. The Morgan fingerprint density at radius 1 is 1.13 bits per heavy atom. The summed E-state index contributed by atoms with van der Waals surface area (Å²) in [7, 11) is 1.34. The van der Waals surface area contributed by atoms with Crippen LogP contribution in [-0.2, 0) is 22.5 Å². The summed E-state index contributed by atoms with van der Waals surface area (Å²) in [5, 5.41) is 6.99. The SMILES string of the molecule is COC(=O)c1c(NC(=O)Cc2ccccc2)c2cc(NC(C)C)cnc2n1CC(C)C. The van der Waals surface area contributed by atoms with Gasteiger partial charge in [0, 0.05) is 18.0 Å². The van der Waals surface area contributed by atoms with Crippen molar-refractivity contribution in [1.29, 1.82) is 0 Å². The fraction of sp³-hybridized carbons (Fsp3) is 0.375. The largest absolute Gasteiger partial charge is 0.464 e. The number of nitrogens with one attached hydrogen (secondary N) is 2. The third kappa shape index (κ3) is 5.23. The molecule has 164 valence electrons. The first-order chi connectivity index (χ1) is 14.8. The van der Waals surface area contributed by atoms with E-state index in [-0.39, 0.29) is 24.3 Å². The van der Waals surface area contributed by atoms with Crippen molar-refractivity contribution in [1.82, 2.24) is 9.55 Å². The number of benzene rings is 1. The second-order valence-electron chi connectivity index (χ2n) is 8.32. The fourth-order valence-electron chi connectivity index (χ4n) is 3.58. The Hall–Kier alpha value is -3.35. The van der Waals surface area contributed by atoms with Gasteiger partial charge in [-0.25, -0.2) is 9.78 Å². The topological polar surface area (TPSA) is 85.2 Å². The molecule has 0 unspecified atom stereocenters. The summed E-state index contributed by atoms with van der Waals surface area (Å²) in [6.07, 6.45) is 1.95. The van der Waals surface area contributed by atoms with Crippen LogP contribution >= 0.6 is 0 Å². The summed E-state index contributed by atoms with van der Waals surface area (Å²) in [6.45, 7) is 8.77. The molecular weight excluding hydrogens is 392 g/mol. The Kier molecular flexibility index (Phi) is 6.95. The Bertz CT molecular complexity index is 1070. The number of anilines is 2. The van der Waals surface area contributed by atoms with Crippen molar-refractivity contribution in [2.45, 2.75) is 46.7 Å². The molecule has 0 atom stereocenters. The van der Waals surface area contributed by atoms with Crippen molar-refractivity contribution >= 4 is 34.3 Å². The van der Waals surface area contributed by atoms with Gasteiger partial charge in [0.1, 0.15) is 5.65 Å². The zero-order valence-corrected chi connectivity index (χ0v) is 18.7. The Labute approximate surface area is 182 Å². The first kappa shape index (κ1) is 22.3. The number of nitrogens with zero attached hydrogens (tertiary/aromatic N) is 2. The quantitative estimate of drug-likeness (QED) is 0.523. The van der Waals surface area contributed by atoms with Crippen molar-refractivity contribution in [3.05, 3.63) is 53.9 Å². The third-order valence-electron chi connectivity index (χ3n) is 4.75. The average Bonchev–Trinajstić information content (AvgIpc) is 2.99. The van der Waals surface area contributed by atoms with Crippen molar-refractivity contribution in [3.8, 4) is 0 Å². The van der Waals surface area contributed by atoms with Crippen LogP contribution in [0.2, 0.25) is 0 Å². The summed E-state index contributed by atoms with van der Waals surface area (Å²) < 4.78 is 6.91. The molecule has 7 heteroatoms. The van der Waals surface area contributed by atoms with Gasteiger partial charge in [0.15, 0.2) is 5.69 Å². The highest BCUT2D eigenvalue weighted by Crippen LogP contribution is 2.33. The maximum Gasteiger partial charge on any atom is 0.356 e. The van der Waals surface area contributed by atoms with E-state index in [4.69, 9.17) is 4.74 Å². The summed E-state index contributed by atoms with van der Waals surface area (Å²) in [5.41, 5.74) is 3.09. The minimum atomic E-state index is -0.507. The van der Waals surface area contributed by atoms with E-state index in [9.17, 15) is 9.59 Å². The normalized spacial score (nSPS) is 11.2. The number of ether oxygens (including phenoxy) is 1. The Morgan fingerprint density at radius 3 is 2.45 bits per heavy atom. The monoisotopic (exact) mass is 422 g/mol. The second-order valence-corrected chi connectivity index (χ2v) is 8.32. The van der Waals surface area contributed by atoms with E-state index in [1.165, 1.54) is 7.11 Å². The van der Waals surface area contributed by atoms with E-state index in [1.807, 2.05) is 54.8 Å². The van der Waals surface area contributed by atoms with E-state index < -0.39 is 5.97 Å². The molecule has 0 spiro atoms. The van der Waals surface area contributed by atoms with Crippen molar-refractivity contribution in [2.24, 2.45) is 5.92 Å². The molecule has 7 nitrogen and oxygen atoms in total. The lowest BCUT2D eigenvalue weighted by molar-refractivity contribution is -0.115. The number of fused-ring (bicyclic) bond motifs is 1. The molecule has 0 aliphatic rings. The van der Waals surface area contributed by atoms with Crippen LogP contribution in [0, 0.1) is 5.92 Å². The number of pyridine rings is 1. The summed E-state index contributed by atoms with van der Waals surface area (Å²) in [6, 6.07) is 11.6. The van der Waals surface area contributed by atoms with Gasteiger partial charge in [-0.2, -0.15) is 0 Å². The highest BCUT2D eigenvalue weighted by atomic mass is 16.5. The Morgan fingerprint density at radius 2 is 1.84 bits per heavy atom. The molecule has 2 N–H and O–H groups in total. The molecule has 0 aliphatic heterocycles. The van der Waals surface area contributed by atoms with Gasteiger partial charge in [0.05, 0.1) is 31.1 Å². The summed E-state index contributed by atoms with van der Waals surface area (Å²) >= 11 is 0. The van der Waals surface area contributed by atoms with Gasteiger partial charge in [-0.15, -0.1) is 0 Å². The number of rotatable bonds is 8. The van der Waals surface area contributed by atoms with Crippen LogP contribution in [-0.4, -0.2) is 34.6 Å². The molecule has 3 aromatic rings. The van der Waals surface area contributed by atoms with E-state index in [2.05, 4.69) is 29.5 Å². The molecule has 1 aromatic carbocycles. The van der Waals surface area contributed by atoms with Crippen LogP contribution in [0.3, 0.4) is 0 Å². The molecule has 2 heterocycles. The minimum Gasteiger partial charge on any atom is -0.464 e. The number of esters is 1. The van der Waals surface area contributed by atoms with E-state index >= 15 is 0 Å². The number of hydrogen-bond acceptors (Lipinski definition) is 5. The summed E-state index contributed by atoms with van der Waals surface area (Å²) in [5.74, 6) is -0.448. The highest BCUT2D eigenvalue weighted by Gasteiger charge is 2.26. The van der Waals surface area contributed by atoms with Crippen LogP contribution in [0.4, 0.5) is 11.4 Å². The predicted molar refractivity (Wildman–Crippen MR) is 123 cm³/mol. The molecule has 0 fully saturated rings. The standard InChI is InChI=1S/C24H30N4O3/c1-15(2)14-28-22(24(30)31-5)21(27-20(29)11-17-9-7-6-8-10-17)19-12-18(26-16(3)4)13-25-23(19)28/h6-10,12-13,15-16,26H,11,14H2,1-5H3,(H,27,29). The zero-order valence-electron chi connectivity index (χ0n) is 18.7. The van der Waals surface area contributed by atoms with Crippen LogP contribution in [0.1, 0.15) is 43.7 Å². The van der Waals surface area contributed by atoms with Crippen molar-refractivity contribution in [2.75, 3.05) is 17.7 Å². The van der Waals surface area contributed by atoms with Gasteiger partial charge in [-0.1, -0.05) is 44.2 Å². The van der Waals surface area contributed by atoms with Crippen molar-refractivity contribution in [3.63, 3.8) is 0 Å². The lowest BCUT2D eigenvalue weighted by atomic mass is 10.1. The van der Waals surface area contributed by atoms with E-state index in [0.29, 0.717) is 29.0 Å². The van der Waals surface area contributed by atoms with Crippen LogP contribution in [0.15, 0.2) is 42.6 Å². The van der Waals surface area contributed by atoms with Gasteiger partial charge in [0.25, 0.3) is 0 Å². The van der Waals surface area contributed by atoms with Gasteiger partial charge in [-0.05, 0) is 31.4 Å². The maximum absolute atomic E-state index is 12.9. The summed E-state index contributed by atoms with van der Waals surface area (Å²) in [4.78, 5) is 30.3. The molecule has 0 saturated carbocycles. The second kappa shape index (κ2) is 9.64. The molecule has 0 bridgehead atoms. The number of carbonyl (C=O) groups excluding carboxylic acids is 2. The first-order valence-electron chi connectivity index (χ1n) is 10.5. The van der Waals surface area contributed by atoms with Crippen LogP contribution < -0.4 is 10.6 Å². The molecule has 0 radical (unpaired) electrons. The van der Waals surface area contributed by atoms with E-state index in [0.717, 1.165) is 11.3 Å². The van der Waals surface area contributed by atoms with Crippen LogP contribution in [0.25, 0.3) is 11.0 Å². The van der Waals surface area contributed by atoms with Gasteiger partial charge >= 0.3 is 5.97 Å². The number of methoxy groups -OCH3 is 1. The van der Waals surface area contributed by atoms with Gasteiger partial charge in [0.2, 0.25) is 5.91 Å². The van der Waals surface area contributed by atoms with Crippen LogP contribution in [0.5, 0.6) is 0 Å². The van der Waals surface area contributed by atoms with Gasteiger partial charge in [-0.3, -0.25) is 4.79 Å². The molecule has 31 heavy (non-hydrogen) atoms. The molecule has 3 rings (SSSR count). The molecule has 2 aromatic heterocycles. The number of amides is 1. The molecular formula is C24H30N4O3. The first-order valence-corrected chi connectivity index (χ1v) is 10.5. The maximum atomic E-state index is 12.9. The highest BCUT2D eigenvalue weighted by molar-refractivity contribution is 6.11. The minimum absolute atomic E-state index is 0.204. The third-order valence-corrected chi connectivity index (χ3v) is 4.75. The van der Waals surface area contributed by atoms with E-state index in [1.54, 1.807) is 6.20 Å². The van der Waals surface area contributed by atoms with Crippen molar-refractivity contribution < 1.29 is 14.3 Å². The number of carbonyl (C=O) groups is 2.